The molecule has 1 heterocycles. The highest BCUT2D eigenvalue weighted by Gasteiger charge is 2.78. The Bertz CT molecular complexity index is 896. The fourth-order valence-electron chi connectivity index (χ4n) is 10.4. The number of likely N-dealkylation sites (N-methyl/N-ethyl adjacent to an activating group) is 1. The van der Waals surface area contributed by atoms with Crippen LogP contribution in [0, 0.1) is 57.2 Å². The zero-order valence-corrected chi connectivity index (χ0v) is 21.6. The SMILES string of the molecule is CN[C@H](C(=O)N1[C@H](C#N)C[C@@H]2[C@@H](C)[C@@]21C)C12CC3C(C)C(C)(C1)C(C)(C)C(OC)(C2)C3C. The summed E-state index contributed by atoms with van der Waals surface area (Å²) in [6.07, 6.45) is 3.86. The third-order valence-electron chi connectivity index (χ3n) is 12.9. The standard InChI is InChI=1S/C27H43N3O2/c1-15-19-11-26(13-24(15,6)23(4,5)27(14-26,32-9)16(19)2)21(29-8)22(31)30-18(12-28)10-20-17(3)25(20,30)7/h15-21,29H,10-11,13-14H2,1-9H3/t15?,16?,17-,18+,19?,20-,21-,24?,25+,26?,27?/m1/s1. The van der Waals surface area contributed by atoms with Gasteiger partial charge in [-0.25, -0.2) is 0 Å². The van der Waals surface area contributed by atoms with E-state index in [9.17, 15) is 10.1 Å². The maximum absolute atomic E-state index is 14.3. The lowest BCUT2D eigenvalue weighted by molar-refractivity contribution is -0.335. The number of rotatable bonds is 4. The Hall–Kier alpha value is -1.12. The quantitative estimate of drug-likeness (QED) is 0.709. The number of amides is 1. The number of hydrogen-bond donors (Lipinski definition) is 1. The lowest BCUT2D eigenvalue weighted by Crippen LogP contribution is -2.79. The number of hydrogen-bond acceptors (Lipinski definition) is 4. The number of fused-ring (bicyclic) bond motifs is 1. The minimum atomic E-state index is -0.292. The summed E-state index contributed by atoms with van der Waals surface area (Å²) in [5, 5.41) is 13.4. The molecule has 5 nitrogen and oxygen atoms in total. The van der Waals surface area contributed by atoms with Crippen molar-refractivity contribution >= 4 is 5.91 Å². The Kier molecular flexibility index (Phi) is 4.46. The van der Waals surface area contributed by atoms with Crippen molar-refractivity contribution in [2.75, 3.05) is 14.2 Å². The molecule has 1 amide bonds. The van der Waals surface area contributed by atoms with Gasteiger partial charge < -0.3 is 15.0 Å². The molecule has 32 heavy (non-hydrogen) atoms. The van der Waals surface area contributed by atoms with Crippen LogP contribution in [0.15, 0.2) is 0 Å². The highest BCUT2D eigenvalue weighted by molar-refractivity contribution is 5.85. The van der Waals surface area contributed by atoms with Crippen LogP contribution >= 0.6 is 0 Å². The number of nitriles is 1. The van der Waals surface area contributed by atoms with Crippen LogP contribution in [0.25, 0.3) is 0 Å². The zero-order chi connectivity index (χ0) is 23.6. The number of piperidine rings is 1. The predicted molar refractivity (Wildman–Crippen MR) is 125 cm³/mol. The summed E-state index contributed by atoms with van der Waals surface area (Å²) >= 11 is 0. The van der Waals surface area contributed by atoms with E-state index in [4.69, 9.17) is 4.74 Å². The van der Waals surface area contributed by atoms with E-state index < -0.39 is 0 Å². The number of nitrogens with one attached hydrogen (secondary N) is 1. The van der Waals surface area contributed by atoms with E-state index >= 15 is 0 Å². The fraction of sp³-hybridized carbons (Fsp3) is 0.926. The summed E-state index contributed by atoms with van der Waals surface area (Å²) in [5.74, 6) is 2.71. The predicted octanol–water partition coefficient (Wildman–Crippen LogP) is 4.23. The van der Waals surface area contributed by atoms with Crippen molar-refractivity contribution in [3.05, 3.63) is 0 Å². The van der Waals surface area contributed by atoms with E-state index in [1.807, 2.05) is 19.1 Å². The van der Waals surface area contributed by atoms with E-state index in [1.165, 1.54) is 0 Å². The second-order valence-electron chi connectivity index (χ2n) is 13.2. The van der Waals surface area contributed by atoms with Crippen LogP contribution in [0.2, 0.25) is 0 Å². The highest BCUT2D eigenvalue weighted by atomic mass is 16.5. The average molecular weight is 442 g/mol. The summed E-state index contributed by atoms with van der Waals surface area (Å²) in [7, 11) is 3.85. The van der Waals surface area contributed by atoms with Crippen molar-refractivity contribution in [1.29, 1.82) is 5.26 Å². The van der Waals surface area contributed by atoms with Crippen LogP contribution in [0.1, 0.15) is 74.1 Å². The molecule has 178 valence electrons. The highest BCUT2D eigenvalue weighted by Crippen LogP contribution is 2.78. The van der Waals surface area contributed by atoms with Crippen LogP contribution in [-0.2, 0) is 9.53 Å². The number of likely N-dealkylation sites (tertiary alicyclic amines) is 1. The largest absolute Gasteiger partial charge is 0.377 e. The smallest absolute Gasteiger partial charge is 0.241 e. The Morgan fingerprint density at radius 3 is 2.34 bits per heavy atom. The molecular weight excluding hydrogens is 398 g/mol. The number of carbonyl (C=O) groups is 1. The topological polar surface area (TPSA) is 65.4 Å². The summed E-state index contributed by atoms with van der Waals surface area (Å²) in [6.45, 7) is 16.6. The first-order chi connectivity index (χ1) is 14.8. The monoisotopic (exact) mass is 441 g/mol. The second kappa shape index (κ2) is 6.30. The van der Waals surface area contributed by atoms with Crippen LogP contribution in [-0.4, -0.2) is 48.2 Å². The van der Waals surface area contributed by atoms with Crippen molar-refractivity contribution in [3.8, 4) is 6.07 Å². The molecule has 6 rings (SSSR count). The molecule has 11 atom stereocenters. The minimum Gasteiger partial charge on any atom is -0.377 e. The van der Waals surface area contributed by atoms with Gasteiger partial charge in [-0.1, -0.05) is 41.5 Å². The van der Waals surface area contributed by atoms with Gasteiger partial charge in [-0.15, -0.1) is 0 Å². The average Bonchev–Trinajstić information content (AvgIpc) is 3.10. The number of methoxy groups -OCH3 is 1. The lowest BCUT2D eigenvalue weighted by atomic mass is 9.29. The molecule has 6 fully saturated rings. The number of carbonyl (C=O) groups excluding carboxylic acids is 1. The van der Waals surface area contributed by atoms with Gasteiger partial charge in [-0.05, 0) is 85.5 Å². The third-order valence-corrected chi connectivity index (χ3v) is 12.9. The molecule has 0 aromatic rings. The van der Waals surface area contributed by atoms with Gasteiger partial charge >= 0.3 is 0 Å². The van der Waals surface area contributed by atoms with E-state index in [2.05, 4.69) is 59.9 Å². The minimum absolute atomic E-state index is 0.0280. The van der Waals surface area contributed by atoms with Gasteiger partial charge in [-0.3, -0.25) is 4.79 Å². The molecule has 0 radical (unpaired) electrons. The number of ether oxygens (including phenoxy) is 1. The van der Waals surface area contributed by atoms with Crippen LogP contribution in [0.5, 0.6) is 0 Å². The van der Waals surface area contributed by atoms with Crippen LogP contribution in [0.3, 0.4) is 0 Å². The van der Waals surface area contributed by atoms with Gasteiger partial charge in [0.15, 0.2) is 0 Å². The fourth-order valence-corrected chi connectivity index (χ4v) is 10.4. The van der Waals surface area contributed by atoms with Crippen LogP contribution in [0.4, 0.5) is 0 Å². The Morgan fingerprint density at radius 2 is 1.78 bits per heavy atom. The molecule has 0 spiro atoms. The van der Waals surface area contributed by atoms with Gasteiger partial charge in [0.1, 0.15) is 6.04 Å². The van der Waals surface area contributed by atoms with Gasteiger partial charge in [-0.2, -0.15) is 5.26 Å². The molecule has 1 saturated heterocycles. The Morgan fingerprint density at radius 1 is 1.12 bits per heavy atom. The first-order valence-electron chi connectivity index (χ1n) is 12.8. The van der Waals surface area contributed by atoms with Gasteiger partial charge in [0.2, 0.25) is 5.91 Å². The van der Waals surface area contributed by atoms with Crippen molar-refractivity contribution in [2.45, 2.75) is 97.4 Å². The van der Waals surface area contributed by atoms with Crippen molar-refractivity contribution < 1.29 is 9.53 Å². The summed E-state index contributed by atoms with van der Waals surface area (Å²) in [6, 6.07) is 1.90. The first-order valence-corrected chi connectivity index (χ1v) is 12.8. The number of nitrogens with zero attached hydrogens (tertiary/aromatic N) is 2. The molecule has 1 N–H and O–H groups in total. The molecule has 1 aliphatic heterocycles. The second-order valence-corrected chi connectivity index (χ2v) is 13.2. The molecule has 5 saturated carbocycles. The van der Waals surface area contributed by atoms with E-state index in [1.54, 1.807) is 0 Å². The lowest BCUT2D eigenvalue weighted by Gasteiger charge is -2.78. The van der Waals surface area contributed by atoms with Gasteiger partial charge in [0, 0.05) is 12.6 Å². The van der Waals surface area contributed by atoms with E-state index in [-0.39, 0.29) is 45.4 Å². The summed E-state index contributed by atoms with van der Waals surface area (Å²) < 4.78 is 6.52. The van der Waals surface area contributed by atoms with E-state index in [0.29, 0.717) is 29.6 Å². The molecule has 5 heteroatoms. The summed E-state index contributed by atoms with van der Waals surface area (Å²) in [5.41, 5.74) is -0.394. The van der Waals surface area contributed by atoms with E-state index in [0.717, 1.165) is 25.7 Å². The zero-order valence-electron chi connectivity index (χ0n) is 21.6. The van der Waals surface area contributed by atoms with Crippen molar-refractivity contribution in [2.24, 2.45) is 45.8 Å². The summed E-state index contributed by atoms with van der Waals surface area (Å²) in [4.78, 5) is 16.3. The Balaban J connectivity index is 1.59. The van der Waals surface area contributed by atoms with Crippen molar-refractivity contribution in [3.63, 3.8) is 0 Å². The molecule has 6 unspecified atom stereocenters. The van der Waals surface area contributed by atoms with Crippen molar-refractivity contribution in [1.82, 2.24) is 10.2 Å². The van der Waals surface area contributed by atoms with Crippen LogP contribution < -0.4 is 5.32 Å². The molecule has 0 aromatic heterocycles. The molecule has 4 bridgehead atoms. The Labute approximate surface area is 194 Å². The maximum atomic E-state index is 14.3. The molecule has 0 aromatic carbocycles. The molecular formula is C27H43N3O2. The van der Waals surface area contributed by atoms with Gasteiger partial charge in [0.05, 0.1) is 17.7 Å². The normalized spacial score (nSPS) is 55.4. The first kappa shape index (κ1) is 22.7. The molecule has 5 aliphatic carbocycles. The molecule has 6 aliphatic rings. The van der Waals surface area contributed by atoms with Gasteiger partial charge in [0.25, 0.3) is 0 Å². The third kappa shape index (κ3) is 2.12. The maximum Gasteiger partial charge on any atom is 0.241 e.